The second kappa shape index (κ2) is 7.46. The zero-order valence-electron chi connectivity index (χ0n) is 17.1. The van der Waals surface area contributed by atoms with Crippen LogP contribution in [0.5, 0.6) is 0 Å². The summed E-state index contributed by atoms with van der Waals surface area (Å²) in [7, 11) is 1.59. The minimum absolute atomic E-state index is 0.0196. The summed E-state index contributed by atoms with van der Waals surface area (Å²) in [5.74, 6) is -0.371. The van der Waals surface area contributed by atoms with Crippen molar-refractivity contribution in [3.05, 3.63) is 69.8 Å². The molecule has 0 saturated carbocycles. The molecular formula is C22H21N5O2S. The predicted octanol–water partition coefficient (Wildman–Crippen LogP) is 3.22. The third-order valence-electron chi connectivity index (χ3n) is 5.22. The normalized spacial score (nSPS) is 11.2. The van der Waals surface area contributed by atoms with Crippen LogP contribution < -0.4 is 11.4 Å². The van der Waals surface area contributed by atoms with Gasteiger partial charge in [0, 0.05) is 17.5 Å². The highest BCUT2D eigenvalue weighted by Crippen LogP contribution is 2.25. The summed E-state index contributed by atoms with van der Waals surface area (Å²) in [6.45, 7) is 3.99. The van der Waals surface area contributed by atoms with Gasteiger partial charge in [0.2, 0.25) is 0 Å². The molecular weight excluding hydrogens is 398 g/mol. The Kier molecular flexibility index (Phi) is 4.95. The number of imidazole rings is 1. The van der Waals surface area contributed by atoms with Gasteiger partial charge in [0.25, 0.3) is 5.91 Å². The fourth-order valence-electron chi connectivity index (χ4n) is 3.38. The van der Waals surface area contributed by atoms with E-state index in [-0.39, 0.29) is 11.4 Å². The number of primary amides is 1. The number of benzene rings is 2. The number of hydrogen-bond donors (Lipinski definition) is 1. The lowest BCUT2D eigenvalue weighted by atomic mass is 10.1. The van der Waals surface area contributed by atoms with Crippen molar-refractivity contribution in [3.63, 3.8) is 0 Å². The van der Waals surface area contributed by atoms with Crippen LogP contribution in [0, 0.1) is 13.8 Å². The average molecular weight is 420 g/mol. The van der Waals surface area contributed by atoms with Crippen LogP contribution in [0.1, 0.15) is 21.6 Å². The number of carbonyl (C=O) groups excluding carboxylic acids is 1. The SMILES string of the molecule is CSc1ccc(-c2nc(C(N)=O)c3c(n2)n(-c2ccc(C)c(C)c2)c(=O)n3C)cc1. The molecule has 0 aliphatic heterocycles. The van der Waals surface area contributed by atoms with Gasteiger partial charge in [-0.05, 0) is 55.5 Å². The first-order chi connectivity index (χ1) is 14.3. The zero-order valence-corrected chi connectivity index (χ0v) is 17.9. The van der Waals surface area contributed by atoms with Gasteiger partial charge in [-0.3, -0.25) is 9.36 Å². The van der Waals surface area contributed by atoms with Crippen molar-refractivity contribution in [1.82, 2.24) is 19.1 Å². The lowest BCUT2D eigenvalue weighted by Crippen LogP contribution is -2.21. The summed E-state index contributed by atoms with van der Waals surface area (Å²) >= 11 is 1.63. The van der Waals surface area contributed by atoms with Gasteiger partial charge in [-0.25, -0.2) is 19.3 Å². The molecule has 4 rings (SSSR count). The van der Waals surface area contributed by atoms with Crippen LogP contribution in [-0.4, -0.2) is 31.3 Å². The molecule has 0 saturated heterocycles. The number of carbonyl (C=O) groups is 1. The van der Waals surface area contributed by atoms with Crippen LogP contribution in [0.15, 0.2) is 52.2 Å². The van der Waals surface area contributed by atoms with Gasteiger partial charge in [-0.1, -0.05) is 18.2 Å². The van der Waals surface area contributed by atoms with Crippen LogP contribution in [0.4, 0.5) is 0 Å². The Morgan fingerprint density at radius 2 is 1.73 bits per heavy atom. The van der Waals surface area contributed by atoms with Crippen molar-refractivity contribution < 1.29 is 4.79 Å². The topological polar surface area (TPSA) is 95.8 Å². The first-order valence-corrected chi connectivity index (χ1v) is 10.6. The molecule has 0 bridgehead atoms. The fourth-order valence-corrected chi connectivity index (χ4v) is 3.79. The van der Waals surface area contributed by atoms with E-state index in [0.717, 1.165) is 21.6 Å². The van der Waals surface area contributed by atoms with Crippen molar-refractivity contribution in [3.8, 4) is 17.1 Å². The van der Waals surface area contributed by atoms with Crippen LogP contribution in [0.2, 0.25) is 0 Å². The van der Waals surface area contributed by atoms with Crippen molar-refractivity contribution in [1.29, 1.82) is 0 Å². The number of aromatic nitrogens is 4. The summed E-state index contributed by atoms with van der Waals surface area (Å²) in [5.41, 5.74) is 9.56. The van der Waals surface area contributed by atoms with Gasteiger partial charge in [0.1, 0.15) is 5.52 Å². The van der Waals surface area contributed by atoms with Gasteiger partial charge < -0.3 is 5.73 Å². The maximum atomic E-state index is 13.1. The molecule has 30 heavy (non-hydrogen) atoms. The minimum atomic E-state index is -0.711. The lowest BCUT2D eigenvalue weighted by Gasteiger charge is -2.08. The van der Waals surface area contributed by atoms with Gasteiger partial charge >= 0.3 is 5.69 Å². The third-order valence-corrected chi connectivity index (χ3v) is 5.96. The predicted molar refractivity (Wildman–Crippen MR) is 119 cm³/mol. The molecule has 1 amide bonds. The molecule has 0 fully saturated rings. The largest absolute Gasteiger partial charge is 0.364 e. The standard InChI is InChI=1S/C22H21N5O2S/c1-12-5-8-15(11-13(12)2)27-21-18(26(3)22(27)29)17(19(23)28)24-20(25-21)14-6-9-16(30-4)10-7-14/h5-11H,1-4H3,(H2,23,28). The molecule has 0 aliphatic carbocycles. The Balaban J connectivity index is 2.06. The molecule has 2 aromatic carbocycles. The molecule has 0 unspecified atom stereocenters. The van der Waals surface area contributed by atoms with Gasteiger partial charge in [0.05, 0.1) is 5.69 Å². The molecule has 0 aliphatic rings. The highest BCUT2D eigenvalue weighted by molar-refractivity contribution is 7.98. The number of amides is 1. The van der Waals surface area contributed by atoms with Gasteiger partial charge in [-0.15, -0.1) is 11.8 Å². The molecule has 2 aromatic heterocycles. The molecule has 0 radical (unpaired) electrons. The van der Waals surface area contributed by atoms with Crippen LogP contribution in [0.3, 0.4) is 0 Å². The molecule has 8 heteroatoms. The van der Waals surface area contributed by atoms with E-state index in [1.54, 1.807) is 18.8 Å². The zero-order chi connectivity index (χ0) is 21.6. The van der Waals surface area contributed by atoms with Gasteiger partial charge in [-0.2, -0.15) is 0 Å². The van der Waals surface area contributed by atoms with E-state index in [1.165, 1.54) is 9.13 Å². The molecule has 152 valence electrons. The summed E-state index contributed by atoms with van der Waals surface area (Å²) in [4.78, 5) is 35.5. The first-order valence-electron chi connectivity index (χ1n) is 9.33. The second-order valence-electron chi connectivity index (χ2n) is 7.11. The van der Waals surface area contributed by atoms with Crippen molar-refractivity contribution >= 4 is 28.8 Å². The molecule has 4 aromatic rings. The van der Waals surface area contributed by atoms with Gasteiger partial charge in [0.15, 0.2) is 17.2 Å². The summed E-state index contributed by atoms with van der Waals surface area (Å²) in [5, 5.41) is 0. The van der Waals surface area contributed by atoms with Crippen molar-refractivity contribution in [2.24, 2.45) is 12.8 Å². The summed E-state index contributed by atoms with van der Waals surface area (Å²) in [6.07, 6.45) is 2.00. The number of fused-ring (bicyclic) bond motifs is 1. The smallest absolute Gasteiger partial charge is 0.334 e. The lowest BCUT2D eigenvalue weighted by molar-refractivity contribution is 0.0997. The Morgan fingerprint density at radius 3 is 2.33 bits per heavy atom. The van der Waals surface area contributed by atoms with E-state index in [0.29, 0.717) is 22.7 Å². The van der Waals surface area contributed by atoms with Crippen molar-refractivity contribution in [2.45, 2.75) is 18.7 Å². The third kappa shape index (κ3) is 3.19. The van der Waals surface area contributed by atoms with Crippen LogP contribution in [0.25, 0.3) is 28.2 Å². The maximum absolute atomic E-state index is 13.1. The van der Waals surface area contributed by atoms with Crippen LogP contribution >= 0.6 is 11.8 Å². The molecule has 0 atom stereocenters. The Morgan fingerprint density at radius 1 is 1.03 bits per heavy atom. The van der Waals surface area contributed by atoms with E-state index >= 15 is 0 Å². The number of aryl methyl sites for hydroxylation is 3. The minimum Gasteiger partial charge on any atom is -0.364 e. The van der Waals surface area contributed by atoms with E-state index in [1.807, 2.05) is 62.6 Å². The number of thioether (sulfide) groups is 1. The van der Waals surface area contributed by atoms with E-state index < -0.39 is 5.91 Å². The molecule has 7 nitrogen and oxygen atoms in total. The monoisotopic (exact) mass is 419 g/mol. The van der Waals surface area contributed by atoms with E-state index in [2.05, 4.69) is 9.97 Å². The van der Waals surface area contributed by atoms with E-state index in [4.69, 9.17) is 5.73 Å². The molecule has 0 spiro atoms. The Labute approximate surface area is 177 Å². The maximum Gasteiger partial charge on any atom is 0.334 e. The highest BCUT2D eigenvalue weighted by atomic mass is 32.2. The first kappa shape index (κ1) is 19.9. The number of nitrogens with two attached hydrogens (primary N) is 1. The number of rotatable bonds is 4. The van der Waals surface area contributed by atoms with Crippen molar-refractivity contribution in [2.75, 3.05) is 6.26 Å². The molecule has 2 N–H and O–H groups in total. The second-order valence-corrected chi connectivity index (χ2v) is 7.99. The average Bonchev–Trinajstić information content (AvgIpc) is 2.99. The Bertz CT molecular complexity index is 1350. The van der Waals surface area contributed by atoms with Crippen LogP contribution in [-0.2, 0) is 7.05 Å². The van der Waals surface area contributed by atoms with E-state index in [9.17, 15) is 9.59 Å². The Hall–Kier alpha value is -3.39. The fraction of sp³-hybridized carbons (Fsp3) is 0.182. The quantitative estimate of drug-likeness (QED) is 0.513. The number of hydrogen-bond acceptors (Lipinski definition) is 5. The summed E-state index contributed by atoms with van der Waals surface area (Å²) < 4.78 is 2.86. The number of nitrogens with zero attached hydrogens (tertiary/aromatic N) is 4. The summed E-state index contributed by atoms with van der Waals surface area (Å²) in [6, 6.07) is 13.4. The highest BCUT2D eigenvalue weighted by Gasteiger charge is 2.22. The molecule has 2 heterocycles.